The van der Waals surface area contributed by atoms with Crippen LogP contribution in [0.1, 0.15) is 107 Å². The van der Waals surface area contributed by atoms with E-state index in [4.69, 9.17) is 4.74 Å². The summed E-state index contributed by atoms with van der Waals surface area (Å²) in [5.74, 6) is 1.13. The molecule has 0 radical (unpaired) electrons. The first-order valence-corrected chi connectivity index (χ1v) is 12.2. The third-order valence-corrected chi connectivity index (χ3v) is 5.54. The van der Waals surface area contributed by atoms with Crippen molar-refractivity contribution in [2.24, 2.45) is 0 Å². The fourth-order valence-electron chi connectivity index (χ4n) is 3.22. The highest BCUT2D eigenvalue weighted by molar-refractivity contribution is 9.09. The smallest absolute Gasteiger partial charge is 0.162 e. The van der Waals surface area contributed by atoms with Crippen molar-refractivity contribution in [3.05, 3.63) is 29.8 Å². The molecule has 1 aromatic rings. The van der Waals surface area contributed by atoms with E-state index >= 15 is 0 Å². The lowest BCUT2D eigenvalue weighted by Crippen LogP contribution is -2.00. The van der Waals surface area contributed by atoms with E-state index in [9.17, 15) is 4.79 Å². The van der Waals surface area contributed by atoms with Crippen LogP contribution in [-0.4, -0.2) is 17.7 Å². The molecule has 0 saturated carbocycles. The normalized spacial score (nSPS) is 10.9. The molecule has 3 heteroatoms. The van der Waals surface area contributed by atoms with E-state index < -0.39 is 0 Å². The largest absolute Gasteiger partial charge is 0.494 e. The molecule has 154 valence electrons. The van der Waals surface area contributed by atoms with E-state index in [1.807, 2.05) is 24.3 Å². The Morgan fingerprint density at radius 2 is 1.33 bits per heavy atom. The second kappa shape index (κ2) is 17.3. The van der Waals surface area contributed by atoms with Gasteiger partial charge in [-0.1, -0.05) is 87.1 Å². The van der Waals surface area contributed by atoms with E-state index in [0.717, 1.165) is 36.1 Å². The molecular weight excluding hydrogens is 400 g/mol. The maximum Gasteiger partial charge on any atom is 0.162 e. The maximum absolute atomic E-state index is 12.3. The number of hydrogen-bond donors (Lipinski definition) is 0. The van der Waals surface area contributed by atoms with Crippen molar-refractivity contribution in [1.82, 2.24) is 0 Å². The van der Waals surface area contributed by atoms with Gasteiger partial charge in [0.1, 0.15) is 5.75 Å². The van der Waals surface area contributed by atoms with Gasteiger partial charge in [0.05, 0.1) is 6.61 Å². The Balaban J connectivity index is 2.08. The Bertz CT molecular complexity index is 470. The minimum absolute atomic E-state index is 0.263. The number of carbonyl (C=O) groups is 1. The maximum atomic E-state index is 12.3. The van der Waals surface area contributed by atoms with Crippen LogP contribution >= 0.6 is 15.9 Å². The Labute approximate surface area is 175 Å². The molecule has 0 bridgehead atoms. The van der Waals surface area contributed by atoms with Crippen LogP contribution in [0.25, 0.3) is 0 Å². The van der Waals surface area contributed by atoms with Crippen LogP contribution in [-0.2, 0) is 0 Å². The van der Waals surface area contributed by atoms with Crippen LogP contribution in [0, 0.1) is 0 Å². The molecule has 0 saturated heterocycles. The number of ketones is 1. The molecular formula is C24H39BrO2. The molecule has 1 rings (SSSR count). The number of hydrogen-bond acceptors (Lipinski definition) is 2. The standard InChI is InChI=1S/C24H39BrO2/c1-2-3-4-5-6-7-8-9-12-15-24(26)22-16-18-23(19-17-22)27-21-14-11-10-13-20-25/h16-19H,2-15,20-21H2,1H3. The summed E-state index contributed by atoms with van der Waals surface area (Å²) in [7, 11) is 0. The van der Waals surface area contributed by atoms with Crippen molar-refractivity contribution >= 4 is 21.7 Å². The summed E-state index contributed by atoms with van der Waals surface area (Å²) in [6.07, 6.45) is 17.0. The molecule has 0 amide bonds. The van der Waals surface area contributed by atoms with E-state index in [1.54, 1.807) is 0 Å². The minimum Gasteiger partial charge on any atom is -0.494 e. The first-order chi connectivity index (χ1) is 13.3. The summed E-state index contributed by atoms with van der Waals surface area (Å²) < 4.78 is 5.76. The second-order valence-corrected chi connectivity index (χ2v) is 8.27. The van der Waals surface area contributed by atoms with Gasteiger partial charge in [0.25, 0.3) is 0 Å². The minimum atomic E-state index is 0.263. The van der Waals surface area contributed by atoms with Gasteiger partial charge in [0.15, 0.2) is 5.78 Å². The summed E-state index contributed by atoms with van der Waals surface area (Å²) in [5.41, 5.74) is 0.819. The van der Waals surface area contributed by atoms with Crippen molar-refractivity contribution in [2.75, 3.05) is 11.9 Å². The SMILES string of the molecule is CCCCCCCCCCCC(=O)c1ccc(OCCCCCCBr)cc1. The van der Waals surface area contributed by atoms with Gasteiger partial charge in [-0.2, -0.15) is 0 Å². The topological polar surface area (TPSA) is 26.3 Å². The fraction of sp³-hybridized carbons (Fsp3) is 0.708. The van der Waals surface area contributed by atoms with Crippen LogP contribution in [0.2, 0.25) is 0 Å². The second-order valence-electron chi connectivity index (χ2n) is 7.48. The zero-order valence-electron chi connectivity index (χ0n) is 17.3. The van der Waals surface area contributed by atoms with Gasteiger partial charge in [0, 0.05) is 17.3 Å². The van der Waals surface area contributed by atoms with Crippen LogP contribution in [0.5, 0.6) is 5.75 Å². The van der Waals surface area contributed by atoms with Crippen molar-refractivity contribution < 1.29 is 9.53 Å². The number of benzene rings is 1. The van der Waals surface area contributed by atoms with Gasteiger partial charge in [-0.25, -0.2) is 0 Å². The molecule has 0 unspecified atom stereocenters. The summed E-state index contributed by atoms with van der Waals surface area (Å²) in [6, 6.07) is 7.69. The van der Waals surface area contributed by atoms with Gasteiger partial charge in [0.2, 0.25) is 0 Å². The molecule has 0 N–H and O–H groups in total. The lowest BCUT2D eigenvalue weighted by Gasteiger charge is -2.07. The van der Waals surface area contributed by atoms with E-state index in [0.29, 0.717) is 6.42 Å². The number of rotatable bonds is 18. The Morgan fingerprint density at radius 3 is 1.96 bits per heavy atom. The van der Waals surface area contributed by atoms with E-state index in [1.165, 1.54) is 70.6 Å². The van der Waals surface area contributed by atoms with Gasteiger partial charge >= 0.3 is 0 Å². The van der Waals surface area contributed by atoms with Crippen LogP contribution in [0.3, 0.4) is 0 Å². The summed E-state index contributed by atoms with van der Waals surface area (Å²) in [5, 5.41) is 1.09. The molecule has 0 fully saturated rings. The molecule has 0 aliphatic heterocycles. The number of ether oxygens (including phenoxy) is 1. The average Bonchev–Trinajstić information content (AvgIpc) is 2.69. The van der Waals surface area contributed by atoms with Crippen LogP contribution < -0.4 is 4.74 Å². The van der Waals surface area contributed by atoms with Gasteiger partial charge in [-0.15, -0.1) is 0 Å². The van der Waals surface area contributed by atoms with Crippen LogP contribution in [0.15, 0.2) is 24.3 Å². The predicted molar refractivity (Wildman–Crippen MR) is 120 cm³/mol. The molecule has 0 atom stereocenters. The van der Waals surface area contributed by atoms with Gasteiger partial charge < -0.3 is 4.74 Å². The number of unbranched alkanes of at least 4 members (excludes halogenated alkanes) is 11. The molecule has 0 spiro atoms. The number of Topliss-reactive ketones (excluding diaryl/α,β-unsaturated/α-hetero) is 1. The van der Waals surface area contributed by atoms with E-state index in [2.05, 4.69) is 22.9 Å². The molecule has 0 heterocycles. The molecule has 1 aromatic carbocycles. The number of alkyl halides is 1. The highest BCUT2D eigenvalue weighted by Gasteiger charge is 2.06. The molecule has 0 aromatic heterocycles. The molecule has 0 aliphatic rings. The van der Waals surface area contributed by atoms with Crippen LogP contribution in [0.4, 0.5) is 0 Å². The molecule has 27 heavy (non-hydrogen) atoms. The van der Waals surface area contributed by atoms with Crippen molar-refractivity contribution in [3.63, 3.8) is 0 Å². The Hall–Kier alpha value is -0.830. The highest BCUT2D eigenvalue weighted by Crippen LogP contribution is 2.16. The summed E-state index contributed by atoms with van der Waals surface area (Å²) in [4.78, 5) is 12.3. The third kappa shape index (κ3) is 13.1. The monoisotopic (exact) mass is 438 g/mol. The number of halogens is 1. The zero-order chi connectivity index (χ0) is 19.6. The summed E-state index contributed by atoms with van der Waals surface area (Å²) in [6.45, 7) is 3.01. The molecule has 0 aliphatic carbocycles. The van der Waals surface area contributed by atoms with Crippen molar-refractivity contribution in [1.29, 1.82) is 0 Å². The third-order valence-electron chi connectivity index (χ3n) is 4.98. The predicted octanol–water partition coefficient (Wildman–Crippen LogP) is 8.12. The molecule has 2 nitrogen and oxygen atoms in total. The van der Waals surface area contributed by atoms with Gasteiger partial charge in [-0.3, -0.25) is 4.79 Å². The van der Waals surface area contributed by atoms with E-state index in [-0.39, 0.29) is 5.78 Å². The number of carbonyl (C=O) groups excluding carboxylic acids is 1. The Morgan fingerprint density at radius 1 is 0.778 bits per heavy atom. The quantitative estimate of drug-likeness (QED) is 0.131. The highest BCUT2D eigenvalue weighted by atomic mass is 79.9. The Kier molecular flexibility index (Phi) is 15.5. The van der Waals surface area contributed by atoms with Crippen molar-refractivity contribution in [3.8, 4) is 5.75 Å². The van der Waals surface area contributed by atoms with Gasteiger partial charge in [-0.05, 0) is 43.5 Å². The average molecular weight is 439 g/mol. The van der Waals surface area contributed by atoms with Crippen molar-refractivity contribution in [2.45, 2.75) is 96.8 Å². The lowest BCUT2D eigenvalue weighted by atomic mass is 10.0. The first-order valence-electron chi connectivity index (χ1n) is 11.1. The summed E-state index contributed by atoms with van der Waals surface area (Å²) >= 11 is 3.45. The fourth-order valence-corrected chi connectivity index (χ4v) is 3.61. The first kappa shape index (κ1) is 24.2. The zero-order valence-corrected chi connectivity index (χ0v) is 18.9. The lowest BCUT2D eigenvalue weighted by molar-refractivity contribution is 0.0979.